The van der Waals surface area contributed by atoms with Gasteiger partial charge in [0.15, 0.2) is 0 Å². The number of aryl methyl sites for hydroxylation is 1. The SMILES string of the molecule is Cc1ccc(NC(C(N)=O)c2ccccc2Cl)cc1. The zero-order valence-electron chi connectivity index (χ0n) is 10.6. The van der Waals surface area contributed by atoms with Crippen LogP contribution in [0.25, 0.3) is 0 Å². The molecule has 0 radical (unpaired) electrons. The third-order valence-corrected chi connectivity index (χ3v) is 3.21. The molecular formula is C15H15ClN2O. The fraction of sp³-hybridized carbons (Fsp3) is 0.133. The maximum absolute atomic E-state index is 11.6. The molecule has 0 saturated carbocycles. The molecule has 0 fully saturated rings. The predicted molar refractivity (Wildman–Crippen MR) is 78.2 cm³/mol. The number of amides is 1. The summed E-state index contributed by atoms with van der Waals surface area (Å²) in [5.41, 5.74) is 8.11. The third kappa shape index (κ3) is 3.26. The van der Waals surface area contributed by atoms with Crippen LogP contribution in [0.3, 0.4) is 0 Å². The first-order valence-corrected chi connectivity index (χ1v) is 6.32. The Morgan fingerprint density at radius 1 is 1.16 bits per heavy atom. The van der Waals surface area contributed by atoms with E-state index in [1.165, 1.54) is 0 Å². The highest BCUT2D eigenvalue weighted by Crippen LogP contribution is 2.26. The van der Waals surface area contributed by atoms with Crippen molar-refractivity contribution in [3.05, 3.63) is 64.7 Å². The summed E-state index contributed by atoms with van der Waals surface area (Å²) < 4.78 is 0. The number of anilines is 1. The second kappa shape index (κ2) is 5.76. The van der Waals surface area contributed by atoms with Crippen LogP contribution in [0.1, 0.15) is 17.2 Å². The van der Waals surface area contributed by atoms with Crippen LogP contribution in [0.4, 0.5) is 5.69 Å². The summed E-state index contributed by atoms with van der Waals surface area (Å²) >= 11 is 6.11. The van der Waals surface area contributed by atoms with Crippen molar-refractivity contribution in [3.63, 3.8) is 0 Å². The molecule has 1 atom stereocenters. The molecule has 4 heteroatoms. The van der Waals surface area contributed by atoms with Crippen LogP contribution < -0.4 is 11.1 Å². The van der Waals surface area contributed by atoms with E-state index in [4.69, 9.17) is 17.3 Å². The Morgan fingerprint density at radius 3 is 2.37 bits per heavy atom. The van der Waals surface area contributed by atoms with Crippen molar-refractivity contribution < 1.29 is 4.79 Å². The van der Waals surface area contributed by atoms with Crippen LogP contribution in [0, 0.1) is 6.92 Å². The molecular weight excluding hydrogens is 260 g/mol. The molecule has 0 aliphatic rings. The number of halogens is 1. The quantitative estimate of drug-likeness (QED) is 0.899. The van der Waals surface area contributed by atoms with E-state index in [1.807, 2.05) is 43.3 Å². The van der Waals surface area contributed by atoms with E-state index < -0.39 is 11.9 Å². The summed E-state index contributed by atoms with van der Waals surface area (Å²) in [6.45, 7) is 2.00. The summed E-state index contributed by atoms with van der Waals surface area (Å²) in [5.74, 6) is -0.464. The predicted octanol–water partition coefficient (Wildman–Crippen LogP) is 3.29. The molecule has 0 heterocycles. The standard InChI is InChI=1S/C15H15ClN2O/c1-10-6-8-11(9-7-10)18-14(15(17)19)12-4-2-3-5-13(12)16/h2-9,14,18H,1H3,(H2,17,19). The summed E-state index contributed by atoms with van der Waals surface area (Å²) in [7, 11) is 0. The first kappa shape index (κ1) is 13.4. The van der Waals surface area contributed by atoms with E-state index in [0.29, 0.717) is 10.6 Å². The number of nitrogens with one attached hydrogen (secondary N) is 1. The first-order valence-electron chi connectivity index (χ1n) is 5.95. The zero-order chi connectivity index (χ0) is 13.8. The topological polar surface area (TPSA) is 55.1 Å². The van der Waals surface area contributed by atoms with Crippen LogP contribution in [0.2, 0.25) is 5.02 Å². The smallest absolute Gasteiger partial charge is 0.244 e. The number of benzene rings is 2. The van der Waals surface area contributed by atoms with Crippen molar-refractivity contribution in [2.24, 2.45) is 5.73 Å². The fourth-order valence-corrected chi connectivity index (χ4v) is 2.07. The van der Waals surface area contributed by atoms with Gasteiger partial charge in [0.25, 0.3) is 0 Å². The van der Waals surface area contributed by atoms with Gasteiger partial charge in [-0.15, -0.1) is 0 Å². The van der Waals surface area contributed by atoms with Crippen LogP contribution in [-0.2, 0) is 4.79 Å². The summed E-state index contributed by atoms with van der Waals surface area (Å²) in [5, 5.41) is 3.62. The number of carbonyl (C=O) groups is 1. The van der Waals surface area contributed by atoms with Gasteiger partial charge in [-0.1, -0.05) is 47.5 Å². The molecule has 2 aromatic carbocycles. The molecule has 2 aromatic rings. The van der Waals surface area contributed by atoms with Gasteiger partial charge in [-0.2, -0.15) is 0 Å². The number of nitrogens with two attached hydrogens (primary N) is 1. The molecule has 0 bridgehead atoms. The number of carbonyl (C=O) groups excluding carboxylic acids is 1. The zero-order valence-corrected chi connectivity index (χ0v) is 11.3. The van der Waals surface area contributed by atoms with Gasteiger partial charge in [-0.3, -0.25) is 4.79 Å². The molecule has 98 valence electrons. The summed E-state index contributed by atoms with van der Waals surface area (Å²) in [6.07, 6.45) is 0. The molecule has 0 aliphatic heterocycles. The minimum absolute atomic E-state index is 0.464. The van der Waals surface area contributed by atoms with E-state index >= 15 is 0 Å². The molecule has 0 saturated heterocycles. The van der Waals surface area contributed by atoms with Crippen molar-refractivity contribution in [3.8, 4) is 0 Å². The average Bonchev–Trinajstić information content (AvgIpc) is 2.39. The lowest BCUT2D eigenvalue weighted by molar-refractivity contribution is -0.118. The van der Waals surface area contributed by atoms with Gasteiger partial charge in [0, 0.05) is 16.3 Å². The first-order chi connectivity index (χ1) is 9.08. The van der Waals surface area contributed by atoms with Gasteiger partial charge in [-0.05, 0) is 25.1 Å². The highest BCUT2D eigenvalue weighted by Gasteiger charge is 2.19. The van der Waals surface area contributed by atoms with Gasteiger partial charge >= 0.3 is 0 Å². The monoisotopic (exact) mass is 274 g/mol. The van der Waals surface area contributed by atoms with Gasteiger partial charge in [0.05, 0.1) is 0 Å². The van der Waals surface area contributed by atoms with E-state index in [2.05, 4.69) is 5.32 Å². The molecule has 0 aromatic heterocycles. The molecule has 1 amide bonds. The molecule has 3 nitrogen and oxygen atoms in total. The Balaban J connectivity index is 2.29. The Morgan fingerprint density at radius 2 is 1.79 bits per heavy atom. The van der Waals surface area contributed by atoms with Gasteiger partial charge in [-0.25, -0.2) is 0 Å². The molecule has 0 aliphatic carbocycles. The highest BCUT2D eigenvalue weighted by atomic mass is 35.5. The largest absolute Gasteiger partial charge is 0.370 e. The van der Waals surface area contributed by atoms with Crippen molar-refractivity contribution in [1.29, 1.82) is 0 Å². The molecule has 3 N–H and O–H groups in total. The Hall–Kier alpha value is -2.00. The lowest BCUT2D eigenvalue weighted by atomic mass is 10.1. The van der Waals surface area contributed by atoms with E-state index in [1.54, 1.807) is 12.1 Å². The second-order valence-electron chi connectivity index (χ2n) is 4.37. The average molecular weight is 275 g/mol. The maximum atomic E-state index is 11.6. The molecule has 1 unspecified atom stereocenters. The van der Waals surface area contributed by atoms with Crippen molar-refractivity contribution >= 4 is 23.2 Å². The van der Waals surface area contributed by atoms with Crippen LogP contribution >= 0.6 is 11.6 Å². The molecule has 2 rings (SSSR count). The molecule has 19 heavy (non-hydrogen) atoms. The van der Waals surface area contributed by atoms with Crippen LogP contribution in [-0.4, -0.2) is 5.91 Å². The maximum Gasteiger partial charge on any atom is 0.244 e. The number of primary amides is 1. The van der Waals surface area contributed by atoms with Crippen LogP contribution in [0.5, 0.6) is 0 Å². The Labute approximate surface area is 117 Å². The minimum Gasteiger partial charge on any atom is -0.370 e. The van der Waals surface area contributed by atoms with E-state index in [9.17, 15) is 4.79 Å². The fourth-order valence-electron chi connectivity index (χ4n) is 1.83. The summed E-state index contributed by atoms with van der Waals surface area (Å²) in [4.78, 5) is 11.6. The highest BCUT2D eigenvalue weighted by molar-refractivity contribution is 6.31. The van der Waals surface area contributed by atoms with E-state index in [-0.39, 0.29) is 0 Å². The third-order valence-electron chi connectivity index (χ3n) is 2.86. The normalized spacial score (nSPS) is 11.9. The minimum atomic E-state index is -0.642. The second-order valence-corrected chi connectivity index (χ2v) is 4.77. The Bertz CT molecular complexity index is 581. The lowest BCUT2D eigenvalue weighted by Crippen LogP contribution is -2.27. The lowest BCUT2D eigenvalue weighted by Gasteiger charge is -2.18. The summed E-state index contributed by atoms with van der Waals surface area (Å²) in [6, 6.07) is 14.3. The van der Waals surface area contributed by atoms with Crippen molar-refractivity contribution in [1.82, 2.24) is 0 Å². The van der Waals surface area contributed by atoms with Gasteiger partial charge < -0.3 is 11.1 Å². The van der Waals surface area contributed by atoms with E-state index in [0.717, 1.165) is 11.3 Å². The van der Waals surface area contributed by atoms with Gasteiger partial charge in [0.1, 0.15) is 6.04 Å². The van der Waals surface area contributed by atoms with Crippen molar-refractivity contribution in [2.45, 2.75) is 13.0 Å². The number of hydrogen-bond acceptors (Lipinski definition) is 2. The van der Waals surface area contributed by atoms with Crippen molar-refractivity contribution in [2.75, 3.05) is 5.32 Å². The molecule has 0 spiro atoms. The van der Waals surface area contributed by atoms with Crippen LogP contribution in [0.15, 0.2) is 48.5 Å². The Kier molecular flexibility index (Phi) is 4.07. The number of hydrogen-bond donors (Lipinski definition) is 2. The van der Waals surface area contributed by atoms with Gasteiger partial charge in [0.2, 0.25) is 5.91 Å². The number of rotatable bonds is 4.